The highest BCUT2D eigenvalue weighted by molar-refractivity contribution is 6.08. The lowest BCUT2D eigenvalue weighted by Gasteiger charge is -2.28. The van der Waals surface area contributed by atoms with Gasteiger partial charge >= 0.3 is 0 Å². The average Bonchev–Trinajstić information content (AvgIpc) is 2.68. The molecule has 1 aliphatic heterocycles. The van der Waals surface area contributed by atoms with Crippen LogP contribution in [0.15, 0.2) is 42.5 Å². The molecular weight excluding hydrogens is 348 g/mol. The van der Waals surface area contributed by atoms with E-state index in [2.05, 4.69) is 10.2 Å². The van der Waals surface area contributed by atoms with E-state index in [0.717, 1.165) is 18.8 Å². The van der Waals surface area contributed by atoms with Crippen LogP contribution in [-0.2, 0) is 4.74 Å². The van der Waals surface area contributed by atoms with Gasteiger partial charge in [0.05, 0.1) is 23.7 Å². The summed E-state index contributed by atoms with van der Waals surface area (Å²) in [6.07, 6.45) is 0. The first-order valence-electron chi connectivity index (χ1n) is 8.65. The minimum Gasteiger partial charge on any atom is -0.378 e. The van der Waals surface area contributed by atoms with Gasteiger partial charge in [-0.2, -0.15) is 0 Å². The highest BCUT2D eigenvalue weighted by atomic mass is 16.6. The fourth-order valence-corrected chi connectivity index (χ4v) is 2.98. The number of non-ortho nitro benzene ring substituents is 1. The van der Waals surface area contributed by atoms with Crippen molar-refractivity contribution in [1.29, 1.82) is 0 Å². The van der Waals surface area contributed by atoms with Crippen molar-refractivity contribution in [3.63, 3.8) is 0 Å². The fourth-order valence-electron chi connectivity index (χ4n) is 2.98. The molecular formula is C19H22N4O4. The molecule has 3 rings (SSSR count). The Morgan fingerprint density at radius 3 is 2.41 bits per heavy atom. The first-order chi connectivity index (χ1) is 13.0. The average molecular weight is 370 g/mol. The number of anilines is 3. The third kappa shape index (κ3) is 4.35. The zero-order valence-corrected chi connectivity index (χ0v) is 15.3. The maximum Gasteiger partial charge on any atom is 0.270 e. The second-order valence-corrected chi connectivity index (χ2v) is 6.45. The van der Waals surface area contributed by atoms with Gasteiger partial charge in [0.25, 0.3) is 11.6 Å². The molecule has 1 N–H and O–H groups in total. The Hall–Kier alpha value is -3.13. The Kier molecular flexibility index (Phi) is 5.56. The van der Waals surface area contributed by atoms with Gasteiger partial charge in [0, 0.05) is 56.4 Å². The number of nitrogens with zero attached hydrogens (tertiary/aromatic N) is 3. The number of rotatable bonds is 5. The van der Waals surface area contributed by atoms with E-state index in [1.165, 1.54) is 12.1 Å². The van der Waals surface area contributed by atoms with E-state index in [-0.39, 0.29) is 17.2 Å². The molecule has 0 saturated carbocycles. The highest BCUT2D eigenvalue weighted by Gasteiger charge is 2.18. The predicted molar refractivity (Wildman–Crippen MR) is 105 cm³/mol. The summed E-state index contributed by atoms with van der Waals surface area (Å²) in [5, 5.41) is 13.9. The lowest BCUT2D eigenvalue weighted by Crippen LogP contribution is -2.36. The minimum absolute atomic E-state index is 0.117. The van der Waals surface area contributed by atoms with Gasteiger partial charge < -0.3 is 19.9 Å². The van der Waals surface area contributed by atoms with Crippen LogP contribution in [0.1, 0.15) is 10.4 Å². The molecule has 0 bridgehead atoms. The molecule has 1 saturated heterocycles. The van der Waals surface area contributed by atoms with E-state index < -0.39 is 4.92 Å². The molecule has 0 atom stereocenters. The van der Waals surface area contributed by atoms with Gasteiger partial charge in [0.2, 0.25) is 0 Å². The number of carbonyl (C=O) groups excluding carboxylic acids is 1. The topological polar surface area (TPSA) is 87.9 Å². The molecule has 142 valence electrons. The molecule has 2 aromatic rings. The number of ether oxygens (including phenoxy) is 1. The molecule has 0 spiro atoms. The summed E-state index contributed by atoms with van der Waals surface area (Å²) < 4.78 is 5.35. The van der Waals surface area contributed by atoms with Crippen LogP contribution in [0.4, 0.5) is 22.7 Å². The Morgan fingerprint density at radius 1 is 1.15 bits per heavy atom. The van der Waals surface area contributed by atoms with Crippen LogP contribution in [0.2, 0.25) is 0 Å². The lowest BCUT2D eigenvalue weighted by molar-refractivity contribution is -0.384. The lowest BCUT2D eigenvalue weighted by atomic mass is 10.1. The summed E-state index contributed by atoms with van der Waals surface area (Å²) in [4.78, 5) is 27.2. The van der Waals surface area contributed by atoms with Gasteiger partial charge in [-0.1, -0.05) is 0 Å². The molecule has 1 aliphatic rings. The number of nitrogens with one attached hydrogen (secondary N) is 1. The van der Waals surface area contributed by atoms with Gasteiger partial charge in [-0.25, -0.2) is 0 Å². The largest absolute Gasteiger partial charge is 0.378 e. The smallest absolute Gasteiger partial charge is 0.270 e. The zero-order valence-electron chi connectivity index (χ0n) is 15.3. The Balaban J connectivity index is 1.78. The van der Waals surface area contributed by atoms with Gasteiger partial charge in [-0.15, -0.1) is 0 Å². The molecule has 0 unspecified atom stereocenters. The number of nitro benzene ring substituents is 1. The summed E-state index contributed by atoms with van der Waals surface area (Å²) in [7, 11) is 3.57. The van der Waals surface area contributed by atoms with Gasteiger partial charge in [0.1, 0.15) is 0 Å². The Labute approximate surface area is 157 Å². The van der Waals surface area contributed by atoms with E-state index in [4.69, 9.17) is 4.74 Å². The SMILES string of the molecule is CN(C)c1ccc([N+](=O)[O-])cc1C(=O)Nc1ccc(N2CCOCC2)cc1. The summed E-state index contributed by atoms with van der Waals surface area (Å²) in [5.41, 5.74) is 2.46. The van der Waals surface area contributed by atoms with Crippen LogP contribution < -0.4 is 15.1 Å². The third-order valence-corrected chi connectivity index (χ3v) is 4.42. The summed E-state index contributed by atoms with van der Waals surface area (Å²) in [5.74, 6) is -0.387. The van der Waals surface area contributed by atoms with Crippen LogP contribution in [0, 0.1) is 10.1 Å². The monoisotopic (exact) mass is 370 g/mol. The van der Waals surface area contributed by atoms with Crippen LogP contribution in [0.25, 0.3) is 0 Å². The first kappa shape index (κ1) is 18.7. The molecule has 0 aromatic heterocycles. The molecule has 2 aromatic carbocycles. The third-order valence-electron chi connectivity index (χ3n) is 4.42. The van der Waals surface area contributed by atoms with Crippen molar-refractivity contribution in [3.05, 3.63) is 58.1 Å². The summed E-state index contributed by atoms with van der Waals surface area (Å²) >= 11 is 0. The minimum atomic E-state index is -0.507. The zero-order chi connectivity index (χ0) is 19.4. The van der Waals surface area contributed by atoms with E-state index in [9.17, 15) is 14.9 Å². The van der Waals surface area contributed by atoms with E-state index in [1.54, 1.807) is 25.1 Å². The number of amides is 1. The van der Waals surface area contributed by atoms with E-state index in [0.29, 0.717) is 24.6 Å². The number of nitro groups is 1. The van der Waals surface area contributed by atoms with Crippen LogP contribution in [0.3, 0.4) is 0 Å². The number of morpholine rings is 1. The Bertz CT molecular complexity index is 830. The molecule has 8 nitrogen and oxygen atoms in total. The number of carbonyl (C=O) groups is 1. The van der Waals surface area contributed by atoms with E-state index >= 15 is 0 Å². The van der Waals surface area contributed by atoms with E-state index in [1.807, 2.05) is 24.3 Å². The quantitative estimate of drug-likeness (QED) is 0.643. The first-order valence-corrected chi connectivity index (χ1v) is 8.65. The van der Waals surface area contributed by atoms with Crippen molar-refractivity contribution in [1.82, 2.24) is 0 Å². The van der Waals surface area contributed by atoms with Gasteiger partial charge in [-0.3, -0.25) is 14.9 Å². The molecule has 1 fully saturated rings. The molecule has 8 heteroatoms. The van der Waals surface area contributed by atoms with Crippen LogP contribution >= 0.6 is 0 Å². The predicted octanol–water partition coefficient (Wildman–Crippen LogP) is 2.75. The van der Waals surface area contributed by atoms with Gasteiger partial charge in [-0.05, 0) is 30.3 Å². The van der Waals surface area contributed by atoms with Crippen molar-refractivity contribution in [2.24, 2.45) is 0 Å². The van der Waals surface area contributed by atoms with Gasteiger partial charge in [0.15, 0.2) is 0 Å². The molecule has 27 heavy (non-hydrogen) atoms. The normalized spacial score (nSPS) is 13.9. The highest BCUT2D eigenvalue weighted by Crippen LogP contribution is 2.26. The van der Waals surface area contributed by atoms with Crippen molar-refractivity contribution >= 4 is 28.7 Å². The standard InChI is InChI=1S/C19H22N4O4/c1-21(2)18-8-7-16(23(25)26)13-17(18)19(24)20-14-3-5-15(6-4-14)22-9-11-27-12-10-22/h3-8,13H,9-12H2,1-2H3,(H,20,24). The maximum absolute atomic E-state index is 12.7. The molecule has 0 aliphatic carbocycles. The number of benzene rings is 2. The Morgan fingerprint density at radius 2 is 1.81 bits per heavy atom. The fraction of sp³-hybridized carbons (Fsp3) is 0.316. The summed E-state index contributed by atoms with van der Waals surface area (Å²) in [6, 6.07) is 11.8. The van der Waals surface area contributed by atoms with Crippen LogP contribution in [0.5, 0.6) is 0 Å². The number of hydrogen-bond donors (Lipinski definition) is 1. The molecule has 1 amide bonds. The van der Waals surface area contributed by atoms with Crippen molar-refractivity contribution in [2.75, 3.05) is 55.5 Å². The van der Waals surface area contributed by atoms with Crippen molar-refractivity contribution in [3.8, 4) is 0 Å². The van der Waals surface area contributed by atoms with Crippen LogP contribution in [-0.4, -0.2) is 51.2 Å². The second kappa shape index (κ2) is 8.05. The number of hydrogen-bond acceptors (Lipinski definition) is 6. The maximum atomic E-state index is 12.7. The second-order valence-electron chi connectivity index (χ2n) is 6.45. The van der Waals surface area contributed by atoms with Crippen molar-refractivity contribution < 1.29 is 14.5 Å². The summed E-state index contributed by atoms with van der Waals surface area (Å²) in [6.45, 7) is 3.09. The van der Waals surface area contributed by atoms with Crippen molar-refractivity contribution in [2.45, 2.75) is 0 Å². The molecule has 0 radical (unpaired) electrons. The molecule has 1 heterocycles.